The number of hydrogen-bond acceptors (Lipinski definition) is 8. The van der Waals surface area contributed by atoms with E-state index in [2.05, 4.69) is 30.8 Å². The third-order valence-corrected chi connectivity index (χ3v) is 5.86. The largest absolute Gasteiger partial charge is 0.364 e. The molecule has 3 aromatic heterocycles. The van der Waals surface area contributed by atoms with E-state index in [1.54, 1.807) is 21.8 Å². The van der Waals surface area contributed by atoms with Crippen LogP contribution in [-0.4, -0.2) is 47.5 Å². The van der Waals surface area contributed by atoms with Crippen LogP contribution in [0.5, 0.6) is 0 Å². The molecule has 11 heteroatoms. The van der Waals surface area contributed by atoms with E-state index >= 15 is 0 Å². The van der Waals surface area contributed by atoms with Crippen molar-refractivity contribution in [3.8, 4) is 11.4 Å². The Morgan fingerprint density at radius 1 is 1.00 bits per heavy atom. The topological polar surface area (TPSA) is 155 Å². The Morgan fingerprint density at radius 2 is 1.68 bits per heavy atom. The van der Waals surface area contributed by atoms with Gasteiger partial charge in [0.15, 0.2) is 11.5 Å². The van der Waals surface area contributed by atoms with Gasteiger partial charge in [-0.05, 0) is 43.2 Å². The van der Waals surface area contributed by atoms with Crippen molar-refractivity contribution in [3.05, 3.63) is 67.0 Å². The molecule has 174 valence electrons. The number of aromatic nitrogens is 6. The van der Waals surface area contributed by atoms with E-state index in [0.717, 1.165) is 37.1 Å². The predicted molar refractivity (Wildman–Crippen MR) is 128 cm³/mol. The van der Waals surface area contributed by atoms with Crippen molar-refractivity contribution in [3.63, 3.8) is 0 Å². The van der Waals surface area contributed by atoms with E-state index in [-0.39, 0.29) is 23.6 Å². The number of primary amides is 1. The summed E-state index contributed by atoms with van der Waals surface area (Å²) in [7, 11) is 0. The second kappa shape index (κ2) is 9.32. The first-order valence-corrected chi connectivity index (χ1v) is 11.2. The maximum Gasteiger partial charge on any atom is 0.271 e. The van der Waals surface area contributed by atoms with E-state index in [9.17, 15) is 4.79 Å². The standard InChI is InChI=1S/C23H26N10O/c24-18-5-1-2-6-19(18)30-20-14-26-21(22(25)34)23(31-20)29-15-11-16(32-9-3-7-27-32)13-17(12-15)33-10-4-8-28-33/h3-4,7-14,18-19H,1-2,5-6,24H2,(H2,25,34)(H2,29,30,31)/t18-,19+/m0/s1. The highest BCUT2D eigenvalue weighted by molar-refractivity contribution is 5.96. The summed E-state index contributed by atoms with van der Waals surface area (Å²) in [5.41, 5.74) is 14.2. The number of nitrogens with one attached hydrogen (secondary N) is 2. The minimum Gasteiger partial charge on any atom is -0.364 e. The number of rotatable bonds is 7. The average molecular weight is 459 g/mol. The quantitative estimate of drug-likeness (QED) is 0.329. The minimum atomic E-state index is -0.675. The van der Waals surface area contributed by atoms with Crippen LogP contribution in [-0.2, 0) is 0 Å². The number of anilines is 3. The molecule has 11 nitrogen and oxygen atoms in total. The van der Waals surface area contributed by atoms with E-state index in [0.29, 0.717) is 11.5 Å². The van der Waals surface area contributed by atoms with Gasteiger partial charge in [-0.25, -0.2) is 19.3 Å². The highest BCUT2D eigenvalue weighted by Crippen LogP contribution is 2.26. The number of benzene rings is 1. The SMILES string of the molecule is NC(=O)c1ncc(N[C@@H]2CCCC[C@@H]2N)nc1Nc1cc(-n2cccn2)cc(-n2cccn2)c1. The van der Waals surface area contributed by atoms with Gasteiger partial charge in [0, 0.05) is 42.6 Å². The molecular formula is C23H26N10O. The zero-order chi connectivity index (χ0) is 23.5. The first kappa shape index (κ1) is 21.6. The summed E-state index contributed by atoms with van der Waals surface area (Å²) in [6.45, 7) is 0. The van der Waals surface area contributed by atoms with Gasteiger partial charge in [-0.15, -0.1) is 0 Å². The van der Waals surface area contributed by atoms with Crippen molar-refractivity contribution >= 4 is 23.2 Å². The molecule has 4 aromatic rings. The van der Waals surface area contributed by atoms with Gasteiger partial charge < -0.3 is 22.1 Å². The van der Waals surface area contributed by atoms with Gasteiger partial charge in [0.1, 0.15) is 5.82 Å². The summed E-state index contributed by atoms with van der Waals surface area (Å²) in [6, 6.07) is 9.57. The zero-order valence-corrected chi connectivity index (χ0v) is 18.5. The summed E-state index contributed by atoms with van der Waals surface area (Å²) < 4.78 is 3.47. The lowest BCUT2D eigenvalue weighted by molar-refractivity contribution is 0.0996. The van der Waals surface area contributed by atoms with E-state index in [1.807, 2.05) is 42.7 Å². The van der Waals surface area contributed by atoms with Gasteiger partial charge >= 0.3 is 0 Å². The molecule has 6 N–H and O–H groups in total. The number of nitrogens with zero attached hydrogens (tertiary/aromatic N) is 6. The molecule has 0 unspecified atom stereocenters. The third kappa shape index (κ3) is 4.59. The van der Waals surface area contributed by atoms with Gasteiger partial charge in [0.25, 0.3) is 5.91 Å². The van der Waals surface area contributed by atoms with Crippen molar-refractivity contribution in [2.75, 3.05) is 10.6 Å². The Labute approximate surface area is 196 Å². The van der Waals surface area contributed by atoms with Crippen LogP contribution in [0.1, 0.15) is 36.2 Å². The summed E-state index contributed by atoms with van der Waals surface area (Å²) in [5.74, 6) is 0.114. The van der Waals surface area contributed by atoms with Crippen LogP contribution in [0.4, 0.5) is 17.3 Å². The third-order valence-electron chi connectivity index (χ3n) is 5.86. The molecule has 0 spiro atoms. The summed E-state index contributed by atoms with van der Waals surface area (Å²) in [4.78, 5) is 21.0. The lowest BCUT2D eigenvalue weighted by Gasteiger charge is -2.29. The fraction of sp³-hybridized carbons (Fsp3) is 0.261. The summed E-state index contributed by atoms with van der Waals surface area (Å²) >= 11 is 0. The maximum absolute atomic E-state index is 12.1. The molecule has 1 aliphatic carbocycles. The minimum absolute atomic E-state index is 0.0450. The molecule has 0 radical (unpaired) electrons. The lowest BCUT2D eigenvalue weighted by Crippen LogP contribution is -2.42. The van der Waals surface area contributed by atoms with Crippen LogP contribution in [0.3, 0.4) is 0 Å². The molecule has 3 heterocycles. The first-order chi connectivity index (χ1) is 16.6. The monoisotopic (exact) mass is 458 g/mol. The average Bonchev–Trinajstić information content (AvgIpc) is 3.55. The van der Waals surface area contributed by atoms with E-state index < -0.39 is 5.91 Å². The van der Waals surface area contributed by atoms with Crippen LogP contribution in [0.2, 0.25) is 0 Å². The van der Waals surface area contributed by atoms with Crippen LogP contribution in [0.15, 0.2) is 61.3 Å². The van der Waals surface area contributed by atoms with Crippen LogP contribution >= 0.6 is 0 Å². The first-order valence-electron chi connectivity index (χ1n) is 11.2. The van der Waals surface area contributed by atoms with Crippen LogP contribution in [0, 0.1) is 0 Å². The van der Waals surface area contributed by atoms with Crippen LogP contribution in [0.25, 0.3) is 11.4 Å². The van der Waals surface area contributed by atoms with Gasteiger partial charge in [-0.1, -0.05) is 12.8 Å². The van der Waals surface area contributed by atoms with Gasteiger partial charge in [0.05, 0.1) is 17.6 Å². The molecular weight excluding hydrogens is 432 g/mol. The molecule has 34 heavy (non-hydrogen) atoms. The van der Waals surface area contributed by atoms with Crippen LogP contribution < -0.4 is 22.1 Å². The van der Waals surface area contributed by atoms with Crippen molar-refractivity contribution < 1.29 is 4.79 Å². The highest BCUT2D eigenvalue weighted by atomic mass is 16.1. The summed E-state index contributed by atoms with van der Waals surface area (Å²) in [5, 5.41) is 15.2. The second-order valence-electron chi connectivity index (χ2n) is 8.28. The van der Waals surface area contributed by atoms with Gasteiger partial charge in [0.2, 0.25) is 0 Å². The molecule has 1 aromatic carbocycles. The predicted octanol–water partition coefficient (Wildman–Crippen LogP) is 2.37. The number of nitrogens with two attached hydrogens (primary N) is 2. The smallest absolute Gasteiger partial charge is 0.271 e. The summed E-state index contributed by atoms with van der Waals surface area (Å²) in [6.07, 6.45) is 12.8. The Kier molecular flexibility index (Phi) is 5.91. The Bertz CT molecular complexity index is 1220. The highest BCUT2D eigenvalue weighted by Gasteiger charge is 2.23. The number of hydrogen-bond donors (Lipinski definition) is 4. The fourth-order valence-electron chi connectivity index (χ4n) is 4.17. The second-order valence-corrected chi connectivity index (χ2v) is 8.28. The van der Waals surface area contributed by atoms with Gasteiger partial charge in [-0.2, -0.15) is 10.2 Å². The van der Waals surface area contributed by atoms with E-state index in [4.69, 9.17) is 11.5 Å². The Hall–Kier alpha value is -4.25. The molecule has 5 rings (SSSR count). The Balaban J connectivity index is 1.50. The lowest BCUT2D eigenvalue weighted by atomic mass is 9.91. The molecule has 0 saturated heterocycles. The molecule has 2 atom stereocenters. The normalized spacial score (nSPS) is 17.9. The number of amides is 1. The fourth-order valence-corrected chi connectivity index (χ4v) is 4.17. The molecule has 1 aliphatic rings. The maximum atomic E-state index is 12.1. The molecule has 0 aliphatic heterocycles. The van der Waals surface area contributed by atoms with Crippen molar-refractivity contribution in [2.45, 2.75) is 37.8 Å². The number of carbonyl (C=O) groups is 1. The molecule has 1 saturated carbocycles. The van der Waals surface area contributed by atoms with Crippen molar-refractivity contribution in [1.82, 2.24) is 29.5 Å². The van der Waals surface area contributed by atoms with Gasteiger partial charge in [-0.3, -0.25) is 4.79 Å². The molecule has 0 bridgehead atoms. The molecule has 1 amide bonds. The zero-order valence-electron chi connectivity index (χ0n) is 18.5. The molecule has 1 fully saturated rings. The Morgan fingerprint density at radius 3 is 2.26 bits per heavy atom. The van der Waals surface area contributed by atoms with Crippen molar-refractivity contribution in [2.24, 2.45) is 11.5 Å². The van der Waals surface area contributed by atoms with E-state index in [1.165, 1.54) is 6.20 Å². The van der Waals surface area contributed by atoms with Crippen molar-refractivity contribution in [1.29, 1.82) is 0 Å². The number of carbonyl (C=O) groups excluding carboxylic acids is 1.